The number of carbonyl (C=O) groups excluding carboxylic acids is 3. The Morgan fingerprint density at radius 3 is 1.73 bits per heavy atom. The molecule has 1 aliphatic heterocycles. The lowest BCUT2D eigenvalue weighted by Crippen LogP contribution is -2.08. The number of carbonyl (C=O) groups is 4. The van der Waals surface area contributed by atoms with Gasteiger partial charge < -0.3 is 19.7 Å². The van der Waals surface area contributed by atoms with Crippen LogP contribution in [0.5, 0.6) is 0 Å². The lowest BCUT2D eigenvalue weighted by Gasteiger charge is -1.99. The Hall–Kier alpha value is -4.40. The number of carboxylic acids is 1. The summed E-state index contributed by atoms with van der Waals surface area (Å²) in [4.78, 5) is 40.1. The molecule has 214 valence electrons. The van der Waals surface area contributed by atoms with Crippen LogP contribution in [0, 0.1) is 0 Å². The molecule has 1 heterocycles. The molecule has 1 unspecified atom stereocenters. The van der Waals surface area contributed by atoms with Gasteiger partial charge in [0.1, 0.15) is 19.0 Å². The third-order valence-corrected chi connectivity index (χ3v) is 4.81. The molecule has 0 amide bonds. The molecule has 1 atom stereocenters. The molecule has 8 heteroatoms. The van der Waals surface area contributed by atoms with Crippen molar-refractivity contribution in [2.75, 3.05) is 13.2 Å². The predicted molar refractivity (Wildman–Crippen MR) is 154 cm³/mol. The molecule has 1 saturated heterocycles. The van der Waals surface area contributed by atoms with Crippen LogP contribution >= 0.6 is 0 Å². The SMILES string of the molecule is C=CC(=O)O.CC(=O)OCc1ccccc1.CC1OCCC1=O.O=Cc1ccccc1.OCCc1ccccc1. The number of aliphatic carboxylic acids is 1. The fraction of sp³-hybridized carbons (Fsp3) is 0.250. The summed E-state index contributed by atoms with van der Waals surface area (Å²) in [7, 11) is 0. The number of hydrogen-bond donors (Lipinski definition) is 2. The highest BCUT2D eigenvalue weighted by molar-refractivity contribution is 5.84. The Bertz CT molecular complexity index is 1100. The van der Waals surface area contributed by atoms with Crippen molar-refractivity contribution in [1.82, 2.24) is 0 Å². The maximum atomic E-state index is 10.4. The van der Waals surface area contributed by atoms with Crippen LogP contribution in [0.4, 0.5) is 0 Å². The molecular formula is C32H38O8. The smallest absolute Gasteiger partial charge is 0.327 e. The predicted octanol–water partition coefficient (Wildman–Crippen LogP) is 5.09. The number of aldehydes is 1. The van der Waals surface area contributed by atoms with E-state index in [1.54, 1.807) is 19.1 Å². The Labute approximate surface area is 235 Å². The number of Topliss-reactive ketones (excluding diaryl/α,β-unsaturated/α-hetero) is 1. The maximum Gasteiger partial charge on any atom is 0.327 e. The van der Waals surface area contributed by atoms with Gasteiger partial charge in [0.25, 0.3) is 0 Å². The number of aliphatic hydroxyl groups excluding tert-OH is 1. The van der Waals surface area contributed by atoms with Crippen LogP contribution in [0.25, 0.3) is 0 Å². The van der Waals surface area contributed by atoms with Gasteiger partial charge >= 0.3 is 11.9 Å². The highest BCUT2D eigenvalue weighted by atomic mass is 16.5. The summed E-state index contributed by atoms with van der Waals surface area (Å²) in [6.45, 7) is 7.39. The highest BCUT2D eigenvalue weighted by Crippen LogP contribution is 2.05. The third kappa shape index (κ3) is 20.6. The fourth-order valence-corrected chi connectivity index (χ4v) is 2.70. The van der Waals surface area contributed by atoms with Gasteiger partial charge in [0, 0.05) is 31.6 Å². The number of ether oxygens (including phenoxy) is 2. The van der Waals surface area contributed by atoms with E-state index in [0.29, 0.717) is 19.6 Å². The third-order valence-electron chi connectivity index (χ3n) is 4.81. The Morgan fingerprint density at radius 1 is 0.950 bits per heavy atom. The summed E-state index contributed by atoms with van der Waals surface area (Å²) in [5, 5.41) is 16.1. The van der Waals surface area contributed by atoms with E-state index in [1.807, 2.05) is 78.9 Å². The van der Waals surface area contributed by atoms with Gasteiger partial charge in [0.05, 0.1) is 6.61 Å². The van der Waals surface area contributed by atoms with Crippen molar-refractivity contribution in [2.45, 2.75) is 39.4 Å². The van der Waals surface area contributed by atoms with Crippen LogP contribution in [0.1, 0.15) is 41.8 Å². The lowest BCUT2D eigenvalue weighted by molar-refractivity contribution is -0.142. The number of carboxylic acid groups (broad SMARTS) is 1. The second-order valence-corrected chi connectivity index (χ2v) is 8.03. The number of rotatable bonds is 6. The van der Waals surface area contributed by atoms with E-state index in [4.69, 9.17) is 19.7 Å². The van der Waals surface area contributed by atoms with Crippen molar-refractivity contribution in [2.24, 2.45) is 0 Å². The minimum Gasteiger partial charge on any atom is -0.478 e. The Kier molecular flexibility index (Phi) is 21.1. The minimum atomic E-state index is -0.981. The summed E-state index contributed by atoms with van der Waals surface area (Å²) in [5.74, 6) is -0.987. The first-order chi connectivity index (χ1) is 19.2. The van der Waals surface area contributed by atoms with E-state index >= 15 is 0 Å². The van der Waals surface area contributed by atoms with Crippen LogP contribution in [-0.2, 0) is 36.9 Å². The molecule has 3 aromatic carbocycles. The topological polar surface area (TPSA) is 127 Å². The van der Waals surface area contributed by atoms with Gasteiger partial charge in [0.2, 0.25) is 0 Å². The lowest BCUT2D eigenvalue weighted by atomic mass is 10.2. The first kappa shape index (κ1) is 35.6. The molecule has 4 rings (SSSR count). The van der Waals surface area contributed by atoms with Crippen molar-refractivity contribution < 1.29 is 38.9 Å². The van der Waals surface area contributed by atoms with Crippen LogP contribution in [-0.4, -0.2) is 53.5 Å². The van der Waals surface area contributed by atoms with Crippen LogP contribution < -0.4 is 0 Å². The van der Waals surface area contributed by atoms with Crippen LogP contribution in [0.15, 0.2) is 104 Å². The maximum absolute atomic E-state index is 10.4. The van der Waals surface area contributed by atoms with Crippen molar-refractivity contribution >= 4 is 24.0 Å². The van der Waals surface area contributed by atoms with Gasteiger partial charge in [-0.25, -0.2) is 4.79 Å². The quantitative estimate of drug-likeness (QED) is 0.247. The van der Waals surface area contributed by atoms with Gasteiger partial charge in [-0.2, -0.15) is 0 Å². The van der Waals surface area contributed by atoms with E-state index in [0.717, 1.165) is 29.9 Å². The summed E-state index contributed by atoms with van der Waals surface area (Å²) >= 11 is 0. The largest absolute Gasteiger partial charge is 0.478 e. The van der Waals surface area contributed by atoms with Crippen LogP contribution in [0.2, 0.25) is 0 Å². The number of hydrogen-bond acceptors (Lipinski definition) is 7. The normalized spacial score (nSPS) is 12.7. The summed E-state index contributed by atoms with van der Waals surface area (Å²) in [6.07, 6.45) is 2.92. The van der Waals surface area contributed by atoms with Gasteiger partial charge in [-0.15, -0.1) is 0 Å². The van der Waals surface area contributed by atoms with Gasteiger partial charge in [0.15, 0.2) is 5.78 Å². The molecule has 40 heavy (non-hydrogen) atoms. The number of ketones is 1. The molecule has 0 spiro atoms. The minimum absolute atomic E-state index is 0.125. The van der Waals surface area contributed by atoms with Gasteiger partial charge in [-0.05, 0) is 24.5 Å². The molecule has 0 saturated carbocycles. The van der Waals surface area contributed by atoms with E-state index < -0.39 is 5.97 Å². The second-order valence-electron chi connectivity index (χ2n) is 8.03. The number of benzene rings is 3. The van der Waals surface area contributed by atoms with E-state index in [2.05, 4.69) is 6.58 Å². The number of aliphatic hydroxyl groups is 1. The monoisotopic (exact) mass is 550 g/mol. The number of esters is 1. The second kappa shape index (κ2) is 23.7. The van der Waals surface area contributed by atoms with Crippen molar-refractivity contribution in [3.05, 3.63) is 120 Å². The van der Waals surface area contributed by atoms with Gasteiger partial charge in [-0.1, -0.05) is 97.6 Å². The Balaban J connectivity index is 0.000000486. The molecule has 0 bridgehead atoms. The molecule has 2 N–H and O–H groups in total. The molecule has 0 radical (unpaired) electrons. The zero-order valence-electron chi connectivity index (χ0n) is 23.0. The highest BCUT2D eigenvalue weighted by Gasteiger charge is 2.19. The van der Waals surface area contributed by atoms with Crippen molar-refractivity contribution in [3.63, 3.8) is 0 Å². The van der Waals surface area contributed by atoms with E-state index in [-0.39, 0.29) is 24.5 Å². The van der Waals surface area contributed by atoms with Crippen LogP contribution in [0.3, 0.4) is 0 Å². The zero-order valence-corrected chi connectivity index (χ0v) is 23.0. The molecule has 8 nitrogen and oxygen atoms in total. The van der Waals surface area contributed by atoms with E-state index in [1.165, 1.54) is 12.5 Å². The average molecular weight is 551 g/mol. The van der Waals surface area contributed by atoms with Crippen molar-refractivity contribution in [1.29, 1.82) is 0 Å². The molecule has 0 aromatic heterocycles. The first-order valence-electron chi connectivity index (χ1n) is 12.5. The summed E-state index contributed by atoms with van der Waals surface area (Å²) in [6, 6.07) is 28.6. The Morgan fingerprint density at radius 2 is 1.43 bits per heavy atom. The molecule has 0 aliphatic carbocycles. The summed E-state index contributed by atoms with van der Waals surface area (Å²) < 4.78 is 9.70. The first-order valence-corrected chi connectivity index (χ1v) is 12.5. The molecule has 3 aromatic rings. The molecule has 1 aliphatic rings. The molecule has 1 fully saturated rings. The van der Waals surface area contributed by atoms with Crippen molar-refractivity contribution in [3.8, 4) is 0 Å². The fourth-order valence-electron chi connectivity index (χ4n) is 2.70. The van der Waals surface area contributed by atoms with Gasteiger partial charge in [-0.3, -0.25) is 14.4 Å². The zero-order chi connectivity index (χ0) is 30.0. The summed E-state index contributed by atoms with van der Waals surface area (Å²) in [5.41, 5.74) is 2.94. The molecular weight excluding hydrogens is 512 g/mol. The average Bonchev–Trinajstić information content (AvgIpc) is 3.36. The van der Waals surface area contributed by atoms with E-state index in [9.17, 15) is 19.2 Å². The standard InChI is InChI=1S/C9H10O2.C8H10O.C7H6O.C5H8O2.C3H4O2/c1-8(10)11-7-9-5-3-2-4-6-9;9-7-6-8-4-2-1-3-5-8;8-6-7-4-2-1-3-5-7;1-4-5(6)2-3-7-4;1-2-3(4)5/h2-6H,7H2,1H3;1-5,9H,6-7H2;1-6H;4H,2-3H2,1H3;2H,1H2,(H,4,5).